The zero-order valence-corrected chi connectivity index (χ0v) is 27.9. The van der Waals surface area contributed by atoms with Crippen molar-refractivity contribution in [1.29, 1.82) is 0 Å². The second-order valence-electron chi connectivity index (χ2n) is 13.7. The highest BCUT2D eigenvalue weighted by Gasteiger charge is 2.26. The molecule has 0 atom stereocenters. The third kappa shape index (κ3) is 3.75. The molecule has 4 nitrogen and oxygen atoms in total. The summed E-state index contributed by atoms with van der Waals surface area (Å²) < 4.78 is 17.6. The molecular formula is C48H28N2O2. The highest BCUT2D eigenvalue weighted by Crippen LogP contribution is 2.49. The molecule has 1 aliphatic rings. The van der Waals surface area contributed by atoms with Gasteiger partial charge in [-0.25, -0.2) is 0 Å². The molecule has 12 rings (SSSR count). The summed E-state index contributed by atoms with van der Waals surface area (Å²) in [5.41, 5.74) is 13.2. The van der Waals surface area contributed by atoms with Crippen molar-refractivity contribution in [2.45, 2.75) is 0 Å². The van der Waals surface area contributed by atoms with Gasteiger partial charge in [0.1, 0.15) is 11.2 Å². The number of hydrogen-bond acceptors (Lipinski definition) is 2. The zero-order chi connectivity index (χ0) is 33.9. The van der Waals surface area contributed by atoms with Crippen LogP contribution in [0.5, 0.6) is 11.5 Å². The molecule has 0 saturated carbocycles. The maximum absolute atomic E-state index is 6.74. The van der Waals surface area contributed by atoms with Crippen molar-refractivity contribution in [2.75, 3.05) is 0 Å². The van der Waals surface area contributed by atoms with E-state index in [4.69, 9.17) is 9.15 Å². The van der Waals surface area contributed by atoms with Gasteiger partial charge in [0.2, 0.25) is 0 Å². The van der Waals surface area contributed by atoms with E-state index >= 15 is 0 Å². The average molecular weight is 665 g/mol. The number of benzene rings is 8. The van der Waals surface area contributed by atoms with Gasteiger partial charge in [-0.15, -0.1) is 0 Å². The van der Waals surface area contributed by atoms with Crippen LogP contribution in [-0.4, -0.2) is 9.13 Å². The summed E-state index contributed by atoms with van der Waals surface area (Å²) in [6, 6.07) is 60.6. The number of hydrogen-bond donors (Lipinski definition) is 0. The number of furan rings is 1. The summed E-state index contributed by atoms with van der Waals surface area (Å²) in [6.07, 6.45) is 0. The van der Waals surface area contributed by atoms with E-state index in [-0.39, 0.29) is 0 Å². The van der Waals surface area contributed by atoms with E-state index in [1.54, 1.807) is 0 Å². The maximum Gasteiger partial charge on any atom is 0.159 e. The van der Waals surface area contributed by atoms with E-state index in [2.05, 4.69) is 167 Å². The average Bonchev–Trinajstić information content (AvgIpc) is 3.86. The first-order valence-electron chi connectivity index (χ1n) is 17.7. The molecule has 3 aromatic heterocycles. The Labute approximate surface area is 297 Å². The van der Waals surface area contributed by atoms with Crippen molar-refractivity contribution in [3.05, 3.63) is 170 Å². The Balaban J connectivity index is 0.976. The van der Waals surface area contributed by atoms with E-state index in [9.17, 15) is 0 Å². The first kappa shape index (κ1) is 27.7. The molecule has 1 aliphatic heterocycles. The van der Waals surface area contributed by atoms with E-state index < -0.39 is 0 Å². The lowest BCUT2D eigenvalue weighted by molar-refractivity contribution is 0.478. The fraction of sp³-hybridized carbons (Fsp3) is 0. The highest BCUT2D eigenvalue weighted by molar-refractivity contribution is 6.13. The van der Waals surface area contributed by atoms with E-state index in [1.165, 1.54) is 49.2 Å². The van der Waals surface area contributed by atoms with Crippen LogP contribution < -0.4 is 4.74 Å². The lowest BCUT2D eigenvalue weighted by atomic mass is 10.0. The van der Waals surface area contributed by atoms with Crippen molar-refractivity contribution in [3.63, 3.8) is 0 Å². The summed E-state index contributed by atoms with van der Waals surface area (Å²) in [7, 11) is 0. The molecule has 0 unspecified atom stereocenters. The number of rotatable bonds is 3. The molecule has 0 bridgehead atoms. The number of para-hydroxylation sites is 5. The fourth-order valence-corrected chi connectivity index (χ4v) is 8.59. The van der Waals surface area contributed by atoms with Crippen molar-refractivity contribution >= 4 is 65.6 Å². The minimum absolute atomic E-state index is 0.877. The van der Waals surface area contributed by atoms with E-state index in [0.29, 0.717) is 0 Å². The Morgan fingerprint density at radius 2 is 1.00 bits per heavy atom. The number of ether oxygens (including phenoxy) is 1. The standard InChI is InChI=1S/C48H28N2O2/c1-5-15-41-34(9-1)37-13-8-18-46-47(37)50(41)43-16-7-12-33(48(43)52-46)29-19-23-32(24-20-29)49-40-14-4-2-10-35(40)38-27-30(21-25-42(38)49)31-22-26-45-39(28-31)36-11-3-6-17-44(36)51-45/h1-28H. The Morgan fingerprint density at radius 1 is 0.385 bits per heavy atom. The molecular weight excluding hydrogens is 637 g/mol. The van der Waals surface area contributed by atoms with Crippen molar-refractivity contribution in [2.24, 2.45) is 0 Å². The molecule has 11 aromatic rings. The first-order chi connectivity index (χ1) is 25.8. The van der Waals surface area contributed by atoms with Gasteiger partial charge in [-0.05, 0) is 83.4 Å². The van der Waals surface area contributed by atoms with Crippen LogP contribution in [0, 0.1) is 0 Å². The molecule has 0 fully saturated rings. The third-order valence-electron chi connectivity index (χ3n) is 10.9. The molecule has 0 amide bonds. The number of fused-ring (bicyclic) bond motifs is 11. The molecule has 0 saturated heterocycles. The highest BCUT2D eigenvalue weighted by atomic mass is 16.5. The SMILES string of the molecule is c1cc(-c2ccc(-n3c4ccccc4c4cc(-c5ccc6oc7ccccc7c6c5)ccc43)cc2)c2c(c1)-n1c3ccccc3c3cccc(c31)O2. The molecule has 0 spiro atoms. The summed E-state index contributed by atoms with van der Waals surface area (Å²) >= 11 is 0. The Hall–Kier alpha value is -7.04. The number of nitrogens with zero attached hydrogens (tertiary/aromatic N) is 2. The van der Waals surface area contributed by atoms with Gasteiger partial charge in [0.05, 0.1) is 27.8 Å². The lowest BCUT2D eigenvalue weighted by Gasteiger charge is -2.23. The van der Waals surface area contributed by atoms with Gasteiger partial charge in [0.15, 0.2) is 11.5 Å². The van der Waals surface area contributed by atoms with Crippen molar-refractivity contribution in [3.8, 4) is 45.1 Å². The predicted octanol–water partition coefficient (Wildman–Crippen LogP) is 13.2. The smallest absolute Gasteiger partial charge is 0.159 e. The minimum atomic E-state index is 0.877. The van der Waals surface area contributed by atoms with Crippen LogP contribution in [0.2, 0.25) is 0 Å². The van der Waals surface area contributed by atoms with Gasteiger partial charge in [-0.2, -0.15) is 0 Å². The Morgan fingerprint density at radius 3 is 1.85 bits per heavy atom. The molecule has 0 aliphatic carbocycles. The lowest BCUT2D eigenvalue weighted by Crippen LogP contribution is -2.05. The largest absolute Gasteiger partial charge is 0.456 e. The van der Waals surface area contributed by atoms with Crippen LogP contribution in [-0.2, 0) is 0 Å². The quantitative estimate of drug-likeness (QED) is 0.188. The first-order valence-corrected chi connectivity index (χ1v) is 17.7. The molecule has 242 valence electrons. The second kappa shape index (κ2) is 10.3. The Kier molecular flexibility index (Phi) is 5.47. The predicted molar refractivity (Wildman–Crippen MR) is 213 cm³/mol. The van der Waals surface area contributed by atoms with Crippen molar-refractivity contribution in [1.82, 2.24) is 9.13 Å². The molecule has 52 heavy (non-hydrogen) atoms. The van der Waals surface area contributed by atoms with Gasteiger partial charge in [0, 0.05) is 43.6 Å². The monoisotopic (exact) mass is 664 g/mol. The van der Waals surface area contributed by atoms with Gasteiger partial charge in [0.25, 0.3) is 0 Å². The Bertz CT molecular complexity index is 3270. The maximum atomic E-state index is 6.74. The fourth-order valence-electron chi connectivity index (χ4n) is 8.59. The zero-order valence-electron chi connectivity index (χ0n) is 27.9. The summed E-state index contributed by atoms with van der Waals surface area (Å²) in [4.78, 5) is 0. The topological polar surface area (TPSA) is 32.2 Å². The summed E-state index contributed by atoms with van der Waals surface area (Å²) in [5, 5.41) is 7.18. The van der Waals surface area contributed by atoms with Crippen LogP contribution >= 0.6 is 0 Å². The number of aromatic nitrogens is 2. The van der Waals surface area contributed by atoms with Crippen LogP contribution in [0.1, 0.15) is 0 Å². The van der Waals surface area contributed by atoms with Crippen LogP contribution in [0.15, 0.2) is 174 Å². The van der Waals surface area contributed by atoms with Gasteiger partial charge < -0.3 is 18.3 Å². The van der Waals surface area contributed by atoms with Crippen LogP contribution in [0.4, 0.5) is 0 Å². The molecule has 8 aromatic carbocycles. The van der Waals surface area contributed by atoms with Gasteiger partial charge in [-0.1, -0.05) is 103 Å². The molecule has 0 N–H and O–H groups in total. The third-order valence-corrected chi connectivity index (χ3v) is 10.9. The van der Waals surface area contributed by atoms with Crippen LogP contribution in [0.3, 0.4) is 0 Å². The summed E-state index contributed by atoms with van der Waals surface area (Å²) in [5.74, 6) is 1.76. The van der Waals surface area contributed by atoms with Gasteiger partial charge >= 0.3 is 0 Å². The molecule has 0 radical (unpaired) electrons. The molecule has 4 heterocycles. The van der Waals surface area contributed by atoms with E-state index in [1.807, 2.05) is 12.1 Å². The second-order valence-corrected chi connectivity index (χ2v) is 13.7. The normalized spacial score (nSPS) is 12.4. The van der Waals surface area contributed by atoms with Crippen molar-refractivity contribution < 1.29 is 9.15 Å². The van der Waals surface area contributed by atoms with E-state index in [0.717, 1.165) is 61.5 Å². The minimum Gasteiger partial charge on any atom is -0.456 e. The van der Waals surface area contributed by atoms with Gasteiger partial charge in [-0.3, -0.25) is 0 Å². The van der Waals surface area contributed by atoms with Crippen LogP contribution in [0.25, 0.3) is 99.2 Å². The molecule has 4 heteroatoms. The summed E-state index contributed by atoms with van der Waals surface area (Å²) in [6.45, 7) is 0.